The molecule has 0 atom stereocenters. The topological polar surface area (TPSA) is 0 Å². The van der Waals surface area contributed by atoms with Crippen LogP contribution in [0.2, 0.25) is 0 Å². The number of hydrogen-bond acceptors (Lipinski definition) is 0. The van der Waals surface area contributed by atoms with Crippen LogP contribution in [0.15, 0.2) is 0 Å². The van der Waals surface area contributed by atoms with Gasteiger partial charge in [-0.25, -0.2) is 0 Å². The van der Waals surface area contributed by atoms with Crippen molar-refractivity contribution in [3.05, 3.63) is 0 Å². The first-order valence-corrected chi connectivity index (χ1v) is 6.83. The molecule has 0 unspecified atom stereocenters. The van der Waals surface area contributed by atoms with Crippen molar-refractivity contribution in [1.82, 2.24) is 0 Å². The van der Waals surface area contributed by atoms with Gasteiger partial charge in [-0.15, -0.1) is 0 Å². The molecule has 0 rings (SSSR count). The van der Waals surface area contributed by atoms with E-state index in [9.17, 15) is 0 Å². The molecule has 0 amide bonds. The molecule has 0 aliphatic carbocycles. The smallest absolute Gasteiger partial charge is 0.0344 e. The fraction of sp³-hybridized carbons (Fsp3) is 1.00. The summed E-state index contributed by atoms with van der Waals surface area (Å²) in [5.41, 5.74) is 1.37. The van der Waals surface area contributed by atoms with Gasteiger partial charge < -0.3 is 0 Å². The molecule has 0 heterocycles. The zero-order valence-electron chi connectivity index (χ0n) is 13.2. The summed E-state index contributed by atoms with van der Waals surface area (Å²) < 4.78 is 0. The van der Waals surface area contributed by atoms with Gasteiger partial charge in [-0.2, -0.15) is 0 Å². The lowest BCUT2D eigenvalue weighted by molar-refractivity contribution is 0.118. The van der Waals surface area contributed by atoms with Gasteiger partial charge in [-0.1, -0.05) is 69.7 Å². The van der Waals surface area contributed by atoms with Crippen molar-refractivity contribution in [3.63, 3.8) is 0 Å². The van der Waals surface area contributed by atoms with E-state index in [0.717, 1.165) is 5.92 Å². The SMILES string of the molecule is C.CC(C)CC(C)(C)CC(C)(C)CC(C)(C)C. The molecule has 0 saturated heterocycles. The van der Waals surface area contributed by atoms with E-state index < -0.39 is 0 Å². The number of rotatable bonds is 5. The molecule has 0 aromatic rings. The van der Waals surface area contributed by atoms with Gasteiger partial charge in [-0.05, 0) is 41.4 Å². The molecule has 0 heteroatoms. The van der Waals surface area contributed by atoms with Crippen LogP contribution in [0.5, 0.6) is 0 Å². The normalized spacial score (nSPS) is 13.8. The van der Waals surface area contributed by atoms with Gasteiger partial charge in [0, 0.05) is 0 Å². The minimum absolute atomic E-state index is 0. The van der Waals surface area contributed by atoms with Gasteiger partial charge in [0.15, 0.2) is 0 Å². The van der Waals surface area contributed by atoms with Crippen molar-refractivity contribution in [2.24, 2.45) is 22.2 Å². The Labute approximate surface area is 112 Å². The minimum atomic E-state index is 0. The largest absolute Gasteiger partial charge is 0.0776 e. The standard InChI is InChI=1S/C16H34.CH4/c1-13(2)10-15(6,7)12-16(8,9)11-14(3,4)5;/h13H,10-12H2,1-9H3;1H4. The van der Waals surface area contributed by atoms with Crippen LogP contribution in [0.4, 0.5) is 0 Å². The van der Waals surface area contributed by atoms with Crippen LogP contribution in [0.1, 0.15) is 89.0 Å². The quantitative estimate of drug-likeness (QED) is 0.513. The fourth-order valence-corrected chi connectivity index (χ4v) is 3.97. The van der Waals surface area contributed by atoms with E-state index in [0.29, 0.717) is 16.2 Å². The van der Waals surface area contributed by atoms with Crippen molar-refractivity contribution in [2.45, 2.75) is 89.0 Å². The summed E-state index contributed by atoms with van der Waals surface area (Å²) in [4.78, 5) is 0. The maximum absolute atomic E-state index is 2.43. The van der Waals surface area contributed by atoms with Crippen molar-refractivity contribution in [2.75, 3.05) is 0 Å². The maximum atomic E-state index is 2.43. The Hall–Kier alpha value is 0. The summed E-state index contributed by atoms with van der Waals surface area (Å²) in [6.07, 6.45) is 3.97. The molecule has 106 valence electrons. The second-order valence-corrected chi connectivity index (χ2v) is 8.84. The third-order valence-electron chi connectivity index (χ3n) is 2.93. The Morgan fingerprint density at radius 3 is 1.41 bits per heavy atom. The van der Waals surface area contributed by atoms with E-state index in [2.05, 4.69) is 62.3 Å². The van der Waals surface area contributed by atoms with Crippen molar-refractivity contribution >= 4 is 0 Å². The third kappa shape index (κ3) is 10.9. The first-order valence-electron chi connectivity index (χ1n) is 6.83. The van der Waals surface area contributed by atoms with Crippen LogP contribution < -0.4 is 0 Å². The zero-order chi connectivity index (χ0) is 13.2. The van der Waals surface area contributed by atoms with Gasteiger partial charge in [-0.3, -0.25) is 0 Å². The lowest BCUT2D eigenvalue weighted by atomic mass is 9.66. The van der Waals surface area contributed by atoms with Gasteiger partial charge >= 0.3 is 0 Å². The van der Waals surface area contributed by atoms with Crippen LogP contribution in [0, 0.1) is 22.2 Å². The summed E-state index contributed by atoms with van der Waals surface area (Å²) >= 11 is 0. The molecule has 0 bridgehead atoms. The van der Waals surface area contributed by atoms with E-state index >= 15 is 0 Å². The molecular formula is C17H38. The van der Waals surface area contributed by atoms with Crippen molar-refractivity contribution in [1.29, 1.82) is 0 Å². The highest BCUT2D eigenvalue weighted by molar-refractivity contribution is 4.83. The van der Waals surface area contributed by atoms with E-state index in [1.54, 1.807) is 0 Å². The van der Waals surface area contributed by atoms with Gasteiger partial charge in [0.05, 0.1) is 0 Å². The maximum Gasteiger partial charge on any atom is -0.0344 e. The lowest BCUT2D eigenvalue weighted by Crippen LogP contribution is -2.28. The van der Waals surface area contributed by atoms with Crippen LogP contribution in [-0.2, 0) is 0 Å². The summed E-state index contributed by atoms with van der Waals surface area (Å²) in [6, 6.07) is 0. The Morgan fingerprint density at radius 1 is 0.706 bits per heavy atom. The van der Waals surface area contributed by atoms with E-state index in [1.165, 1.54) is 19.3 Å². The van der Waals surface area contributed by atoms with E-state index in [4.69, 9.17) is 0 Å². The monoisotopic (exact) mass is 242 g/mol. The molecule has 0 spiro atoms. The Kier molecular flexibility index (Phi) is 7.11. The third-order valence-corrected chi connectivity index (χ3v) is 2.93. The second-order valence-electron chi connectivity index (χ2n) is 8.84. The Balaban J connectivity index is 0. The molecule has 0 radical (unpaired) electrons. The molecule has 0 saturated carbocycles. The molecule has 17 heavy (non-hydrogen) atoms. The summed E-state index contributed by atoms with van der Waals surface area (Å²) in [5.74, 6) is 0.806. The Bertz CT molecular complexity index is 201. The summed E-state index contributed by atoms with van der Waals surface area (Å²) in [6.45, 7) is 21.4. The zero-order valence-corrected chi connectivity index (χ0v) is 13.2. The molecule has 0 aliphatic heterocycles. The first-order chi connectivity index (χ1) is 6.83. The van der Waals surface area contributed by atoms with E-state index in [1.807, 2.05) is 0 Å². The van der Waals surface area contributed by atoms with Crippen LogP contribution in [0.25, 0.3) is 0 Å². The summed E-state index contributed by atoms with van der Waals surface area (Å²) in [5, 5.41) is 0. The predicted molar refractivity (Wildman–Crippen MR) is 82.4 cm³/mol. The average Bonchev–Trinajstić information content (AvgIpc) is 1.69. The van der Waals surface area contributed by atoms with Gasteiger partial charge in [0.2, 0.25) is 0 Å². The average molecular weight is 242 g/mol. The highest BCUT2D eigenvalue weighted by Crippen LogP contribution is 2.43. The molecule has 0 nitrogen and oxygen atoms in total. The van der Waals surface area contributed by atoms with Crippen molar-refractivity contribution < 1.29 is 0 Å². The predicted octanol–water partition coefficient (Wildman–Crippen LogP) is 6.55. The van der Waals surface area contributed by atoms with E-state index in [-0.39, 0.29) is 7.43 Å². The highest BCUT2D eigenvalue weighted by Gasteiger charge is 2.32. The minimum Gasteiger partial charge on any atom is -0.0776 e. The number of hydrogen-bond donors (Lipinski definition) is 0. The van der Waals surface area contributed by atoms with Crippen LogP contribution in [0.3, 0.4) is 0 Å². The fourth-order valence-electron chi connectivity index (χ4n) is 3.97. The lowest BCUT2D eigenvalue weighted by Gasteiger charge is -2.39. The Morgan fingerprint density at radius 2 is 1.12 bits per heavy atom. The molecular weight excluding hydrogens is 204 g/mol. The molecule has 0 aromatic carbocycles. The van der Waals surface area contributed by atoms with Gasteiger partial charge in [0.1, 0.15) is 0 Å². The van der Waals surface area contributed by atoms with Gasteiger partial charge in [0.25, 0.3) is 0 Å². The first kappa shape index (κ1) is 19.3. The second kappa shape index (κ2) is 6.25. The summed E-state index contributed by atoms with van der Waals surface area (Å²) in [7, 11) is 0. The molecule has 0 N–H and O–H groups in total. The van der Waals surface area contributed by atoms with Crippen molar-refractivity contribution in [3.8, 4) is 0 Å². The molecule has 0 aliphatic rings. The highest BCUT2D eigenvalue weighted by atomic mass is 14.4. The molecule has 0 fully saturated rings. The van der Waals surface area contributed by atoms with Crippen LogP contribution >= 0.6 is 0 Å². The van der Waals surface area contributed by atoms with Crippen LogP contribution in [-0.4, -0.2) is 0 Å². The molecule has 0 aromatic heterocycles.